The van der Waals surface area contributed by atoms with Crippen molar-refractivity contribution >= 4 is 22.9 Å². The maximum absolute atomic E-state index is 12.5. The molecule has 3 heterocycles. The summed E-state index contributed by atoms with van der Waals surface area (Å²) in [6.45, 7) is 4.25. The summed E-state index contributed by atoms with van der Waals surface area (Å²) in [4.78, 5) is 21.1. The first-order chi connectivity index (χ1) is 13.2. The Morgan fingerprint density at radius 3 is 2.81 bits per heavy atom. The molecule has 0 radical (unpaired) electrons. The van der Waals surface area contributed by atoms with Crippen molar-refractivity contribution in [3.8, 4) is 0 Å². The van der Waals surface area contributed by atoms with Gasteiger partial charge in [-0.15, -0.1) is 11.3 Å². The van der Waals surface area contributed by atoms with Crippen LogP contribution in [-0.2, 0) is 6.54 Å². The van der Waals surface area contributed by atoms with Crippen molar-refractivity contribution in [2.75, 3.05) is 11.9 Å². The van der Waals surface area contributed by atoms with Gasteiger partial charge in [0.1, 0.15) is 0 Å². The van der Waals surface area contributed by atoms with Gasteiger partial charge in [0.05, 0.1) is 4.88 Å². The quantitative estimate of drug-likeness (QED) is 0.677. The van der Waals surface area contributed by atoms with Gasteiger partial charge in [0.15, 0.2) is 0 Å². The number of carbonyl (C=O) groups excluding carboxylic acids is 1. The van der Waals surface area contributed by atoms with E-state index in [1.807, 2.05) is 6.07 Å². The van der Waals surface area contributed by atoms with Crippen LogP contribution >= 0.6 is 11.3 Å². The number of hydrogen-bond acceptors (Lipinski definition) is 4. The summed E-state index contributed by atoms with van der Waals surface area (Å²) in [5.41, 5.74) is 3.50. The Bertz CT molecular complexity index is 922. The third-order valence-corrected chi connectivity index (χ3v) is 6.30. The average molecular weight is 378 g/mol. The highest BCUT2D eigenvalue weighted by Gasteiger charge is 2.28. The first-order valence-corrected chi connectivity index (χ1v) is 10.1. The zero-order valence-electron chi connectivity index (χ0n) is 15.4. The summed E-state index contributed by atoms with van der Waals surface area (Å²) >= 11 is 1.61. The number of aromatic nitrogens is 1. The third kappa shape index (κ3) is 4.10. The molecule has 1 saturated heterocycles. The van der Waals surface area contributed by atoms with Crippen molar-refractivity contribution in [3.05, 3.63) is 81.8 Å². The molecule has 27 heavy (non-hydrogen) atoms. The van der Waals surface area contributed by atoms with E-state index in [-0.39, 0.29) is 5.91 Å². The lowest BCUT2D eigenvalue weighted by Gasteiger charge is -2.24. The molecule has 1 atom stereocenters. The van der Waals surface area contributed by atoms with Gasteiger partial charge >= 0.3 is 0 Å². The number of hydrogen-bond donors (Lipinski definition) is 1. The highest BCUT2D eigenvalue weighted by atomic mass is 32.1. The first-order valence-electron chi connectivity index (χ1n) is 9.30. The van der Waals surface area contributed by atoms with Crippen LogP contribution in [0.1, 0.15) is 44.6 Å². The van der Waals surface area contributed by atoms with Gasteiger partial charge in [-0.25, -0.2) is 0 Å². The molecule has 4 nitrogen and oxygen atoms in total. The molecule has 1 amide bonds. The Balaban J connectivity index is 1.47. The minimum atomic E-state index is -0.0547. The number of benzene rings is 1. The van der Waals surface area contributed by atoms with Gasteiger partial charge in [0, 0.05) is 35.5 Å². The lowest BCUT2D eigenvalue weighted by Crippen LogP contribution is -2.22. The van der Waals surface area contributed by atoms with Crippen LogP contribution in [0.25, 0.3) is 0 Å². The Labute approximate surface area is 163 Å². The van der Waals surface area contributed by atoms with Gasteiger partial charge in [0.25, 0.3) is 5.91 Å². The number of carbonyl (C=O) groups is 1. The van der Waals surface area contributed by atoms with Crippen molar-refractivity contribution in [1.82, 2.24) is 9.88 Å². The van der Waals surface area contributed by atoms with Gasteiger partial charge in [-0.1, -0.05) is 24.3 Å². The molecule has 1 aliphatic heterocycles. The van der Waals surface area contributed by atoms with E-state index in [1.54, 1.807) is 35.9 Å². The molecule has 0 spiro atoms. The van der Waals surface area contributed by atoms with E-state index in [0.29, 0.717) is 6.04 Å². The van der Waals surface area contributed by atoms with E-state index in [2.05, 4.69) is 52.5 Å². The van der Waals surface area contributed by atoms with Gasteiger partial charge in [-0.2, -0.15) is 0 Å². The van der Waals surface area contributed by atoms with Crippen LogP contribution in [0, 0.1) is 6.92 Å². The summed E-state index contributed by atoms with van der Waals surface area (Å²) in [6, 6.07) is 16.7. The Morgan fingerprint density at radius 1 is 1.19 bits per heavy atom. The summed E-state index contributed by atoms with van der Waals surface area (Å²) in [5, 5.41) is 2.94. The molecule has 3 aromatic rings. The van der Waals surface area contributed by atoms with Crippen LogP contribution in [0.5, 0.6) is 0 Å². The van der Waals surface area contributed by atoms with E-state index in [4.69, 9.17) is 0 Å². The molecule has 1 fully saturated rings. The van der Waals surface area contributed by atoms with Crippen molar-refractivity contribution in [1.29, 1.82) is 0 Å². The molecule has 1 unspecified atom stereocenters. The lowest BCUT2D eigenvalue weighted by atomic mass is 10.1. The first kappa shape index (κ1) is 17.9. The van der Waals surface area contributed by atoms with Gasteiger partial charge < -0.3 is 5.32 Å². The van der Waals surface area contributed by atoms with Gasteiger partial charge in [0.2, 0.25) is 0 Å². The number of thiophene rings is 1. The number of nitrogens with one attached hydrogen (secondary N) is 1. The number of pyridine rings is 1. The molecule has 5 heteroatoms. The molecular weight excluding hydrogens is 354 g/mol. The second kappa shape index (κ2) is 8.03. The van der Waals surface area contributed by atoms with E-state index >= 15 is 0 Å². The SMILES string of the molecule is Cc1ccccc1CN1CCCC1c1ccc(C(=O)Nc2ccncc2)s1. The lowest BCUT2D eigenvalue weighted by molar-refractivity contribution is 0.103. The summed E-state index contributed by atoms with van der Waals surface area (Å²) in [6.07, 6.45) is 5.71. The summed E-state index contributed by atoms with van der Waals surface area (Å²) in [7, 11) is 0. The zero-order chi connectivity index (χ0) is 18.6. The number of amides is 1. The van der Waals surface area contributed by atoms with Crippen LogP contribution in [0.3, 0.4) is 0 Å². The van der Waals surface area contributed by atoms with E-state index in [9.17, 15) is 4.79 Å². The molecule has 0 bridgehead atoms. The van der Waals surface area contributed by atoms with Crippen LogP contribution in [-0.4, -0.2) is 22.3 Å². The Kier molecular flexibility index (Phi) is 5.32. The smallest absolute Gasteiger partial charge is 0.265 e. The monoisotopic (exact) mass is 377 g/mol. The Morgan fingerprint density at radius 2 is 2.00 bits per heavy atom. The molecule has 1 aliphatic rings. The van der Waals surface area contributed by atoms with Crippen LogP contribution in [0.15, 0.2) is 60.9 Å². The fraction of sp³-hybridized carbons (Fsp3) is 0.273. The predicted octanol–water partition coefficient (Wildman–Crippen LogP) is 5.04. The summed E-state index contributed by atoms with van der Waals surface area (Å²) in [5.74, 6) is -0.0547. The molecular formula is C22H23N3OS. The maximum Gasteiger partial charge on any atom is 0.265 e. The number of nitrogens with zero attached hydrogens (tertiary/aromatic N) is 2. The van der Waals surface area contributed by atoms with Gasteiger partial charge in [-0.3, -0.25) is 14.7 Å². The molecule has 1 N–H and O–H groups in total. The van der Waals surface area contributed by atoms with Crippen molar-refractivity contribution in [2.24, 2.45) is 0 Å². The van der Waals surface area contributed by atoms with Crippen LogP contribution in [0.4, 0.5) is 5.69 Å². The number of anilines is 1. The molecule has 0 aliphatic carbocycles. The van der Waals surface area contributed by atoms with Crippen LogP contribution in [0.2, 0.25) is 0 Å². The molecule has 1 aromatic carbocycles. The topological polar surface area (TPSA) is 45.2 Å². The summed E-state index contributed by atoms with van der Waals surface area (Å²) < 4.78 is 0. The van der Waals surface area contributed by atoms with Crippen molar-refractivity contribution in [2.45, 2.75) is 32.4 Å². The maximum atomic E-state index is 12.5. The predicted molar refractivity (Wildman–Crippen MR) is 110 cm³/mol. The fourth-order valence-electron chi connectivity index (χ4n) is 3.63. The van der Waals surface area contributed by atoms with Crippen molar-refractivity contribution < 1.29 is 4.79 Å². The molecule has 4 rings (SSSR count). The normalized spacial score (nSPS) is 17.1. The highest BCUT2D eigenvalue weighted by molar-refractivity contribution is 7.14. The number of rotatable bonds is 5. The average Bonchev–Trinajstić information content (AvgIpc) is 3.34. The highest BCUT2D eigenvalue weighted by Crippen LogP contribution is 2.37. The zero-order valence-corrected chi connectivity index (χ0v) is 16.2. The minimum absolute atomic E-state index is 0.0547. The minimum Gasteiger partial charge on any atom is -0.321 e. The second-order valence-corrected chi connectivity index (χ2v) is 8.06. The number of likely N-dealkylation sites (tertiary alicyclic amines) is 1. The largest absolute Gasteiger partial charge is 0.321 e. The van der Waals surface area contributed by atoms with Crippen molar-refractivity contribution in [3.63, 3.8) is 0 Å². The third-order valence-electron chi connectivity index (χ3n) is 5.12. The number of aryl methyl sites for hydroxylation is 1. The standard InChI is InChI=1S/C22H23N3OS/c1-16-5-2-3-6-17(16)15-25-14-4-7-19(25)20-8-9-21(27-20)22(26)24-18-10-12-23-13-11-18/h2-3,5-6,8-13,19H,4,7,14-15H2,1H3,(H,23,24,26). The molecule has 0 saturated carbocycles. The Hall–Kier alpha value is -2.50. The fourth-order valence-corrected chi connectivity index (χ4v) is 4.70. The van der Waals surface area contributed by atoms with E-state index in [1.165, 1.54) is 22.4 Å². The second-order valence-electron chi connectivity index (χ2n) is 6.95. The molecule has 138 valence electrons. The van der Waals surface area contributed by atoms with Crippen LogP contribution < -0.4 is 5.32 Å². The van der Waals surface area contributed by atoms with Gasteiger partial charge in [-0.05, 0) is 61.7 Å². The molecule has 2 aromatic heterocycles. The van der Waals surface area contributed by atoms with E-state index < -0.39 is 0 Å². The van der Waals surface area contributed by atoms with E-state index in [0.717, 1.165) is 30.1 Å².